The Kier molecular flexibility index (Phi) is 5.73. The monoisotopic (exact) mass is 363 g/mol. The maximum atomic E-state index is 12.6. The van der Waals surface area contributed by atoms with Crippen LogP contribution in [0.5, 0.6) is 0 Å². The molecule has 2 fully saturated rings. The molecule has 142 valence electrons. The van der Waals surface area contributed by atoms with Crippen molar-refractivity contribution in [2.75, 3.05) is 31.5 Å². The standard InChI is InChI=1S/C23H29N3O/c27-23(26-17-15-25(16-18-26)22-9-5-2-6-10-22)24-21-13-11-20(12-14-21)19-7-3-1-4-8-19/h1,3-4,7-8,11-14,22H,2,5-6,9-10,15-18H2,(H,24,27). The lowest BCUT2D eigenvalue weighted by molar-refractivity contribution is 0.0943. The summed E-state index contributed by atoms with van der Waals surface area (Å²) in [5.41, 5.74) is 3.21. The molecule has 27 heavy (non-hydrogen) atoms. The zero-order valence-corrected chi connectivity index (χ0v) is 15.9. The van der Waals surface area contributed by atoms with E-state index in [4.69, 9.17) is 0 Å². The quantitative estimate of drug-likeness (QED) is 0.847. The van der Waals surface area contributed by atoms with Gasteiger partial charge in [0.15, 0.2) is 0 Å². The Balaban J connectivity index is 1.29. The predicted molar refractivity (Wildman–Crippen MR) is 111 cm³/mol. The van der Waals surface area contributed by atoms with Gasteiger partial charge in [0.05, 0.1) is 0 Å². The van der Waals surface area contributed by atoms with Gasteiger partial charge in [-0.05, 0) is 36.1 Å². The van der Waals surface area contributed by atoms with E-state index >= 15 is 0 Å². The van der Waals surface area contributed by atoms with E-state index in [0.717, 1.165) is 43.5 Å². The van der Waals surface area contributed by atoms with Crippen LogP contribution in [0.15, 0.2) is 54.6 Å². The third kappa shape index (κ3) is 4.51. The summed E-state index contributed by atoms with van der Waals surface area (Å²) in [6.07, 6.45) is 6.79. The number of nitrogens with one attached hydrogen (secondary N) is 1. The van der Waals surface area contributed by atoms with Gasteiger partial charge < -0.3 is 10.2 Å². The zero-order valence-electron chi connectivity index (χ0n) is 15.9. The molecule has 2 aromatic carbocycles. The summed E-state index contributed by atoms with van der Waals surface area (Å²) < 4.78 is 0. The van der Waals surface area contributed by atoms with Gasteiger partial charge in [-0.1, -0.05) is 61.7 Å². The molecule has 0 aromatic heterocycles. The largest absolute Gasteiger partial charge is 0.322 e. The van der Waals surface area contributed by atoms with Crippen molar-refractivity contribution in [3.63, 3.8) is 0 Å². The van der Waals surface area contributed by atoms with Crippen LogP contribution < -0.4 is 5.32 Å². The minimum Gasteiger partial charge on any atom is -0.322 e. The van der Waals surface area contributed by atoms with Crippen LogP contribution in [0.4, 0.5) is 10.5 Å². The van der Waals surface area contributed by atoms with E-state index in [9.17, 15) is 4.79 Å². The predicted octanol–water partition coefficient (Wildman–Crippen LogP) is 4.84. The average Bonchev–Trinajstić information content (AvgIpc) is 2.76. The molecule has 1 aliphatic carbocycles. The highest BCUT2D eigenvalue weighted by atomic mass is 16.2. The van der Waals surface area contributed by atoms with Crippen LogP contribution in [0.2, 0.25) is 0 Å². The van der Waals surface area contributed by atoms with Crippen LogP contribution >= 0.6 is 0 Å². The number of benzene rings is 2. The summed E-state index contributed by atoms with van der Waals surface area (Å²) in [4.78, 5) is 17.1. The van der Waals surface area contributed by atoms with Crippen molar-refractivity contribution in [3.05, 3.63) is 54.6 Å². The molecule has 4 rings (SSSR count). The fourth-order valence-electron chi connectivity index (χ4n) is 4.32. The summed E-state index contributed by atoms with van der Waals surface area (Å²) in [5, 5.41) is 3.05. The molecule has 1 saturated heterocycles. The second-order valence-electron chi connectivity index (χ2n) is 7.69. The third-order valence-corrected chi connectivity index (χ3v) is 5.94. The van der Waals surface area contributed by atoms with E-state index in [1.54, 1.807) is 0 Å². The van der Waals surface area contributed by atoms with Gasteiger partial charge >= 0.3 is 6.03 Å². The molecule has 0 atom stereocenters. The SMILES string of the molecule is O=C(Nc1ccc(-c2ccccc2)cc1)N1CCN(C2CCCCC2)CC1. The van der Waals surface area contributed by atoms with Gasteiger partial charge in [0.2, 0.25) is 0 Å². The van der Waals surface area contributed by atoms with Crippen LogP contribution in [0.1, 0.15) is 32.1 Å². The summed E-state index contributed by atoms with van der Waals surface area (Å²) in [6, 6.07) is 19.1. The van der Waals surface area contributed by atoms with Gasteiger partial charge in [-0.3, -0.25) is 4.90 Å². The molecule has 0 unspecified atom stereocenters. The normalized spacial score (nSPS) is 19.0. The number of anilines is 1. The third-order valence-electron chi connectivity index (χ3n) is 5.94. The highest BCUT2D eigenvalue weighted by Crippen LogP contribution is 2.24. The van der Waals surface area contributed by atoms with E-state index in [1.165, 1.54) is 37.7 Å². The molecule has 1 aliphatic heterocycles. The Morgan fingerprint density at radius 1 is 0.778 bits per heavy atom. The summed E-state index contributed by atoms with van der Waals surface area (Å²) in [6.45, 7) is 3.66. The topological polar surface area (TPSA) is 35.6 Å². The van der Waals surface area contributed by atoms with Crippen molar-refractivity contribution < 1.29 is 4.79 Å². The molecule has 0 radical (unpaired) electrons. The Bertz CT molecular complexity index is 730. The Morgan fingerprint density at radius 3 is 2.07 bits per heavy atom. The van der Waals surface area contributed by atoms with Crippen molar-refractivity contribution in [2.45, 2.75) is 38.1 Å². The van der Waals surface area contributed by atoms with E-state index in [1.807, 2.05) is 35.2 Å². The van der Waals surface area contributed by atoms with Crippen molar-refractivity contribution in [3.8, 4) is 11.1 Å². The van der Waals surface area contributed by atoms with Crippen molar-refractivity contribution in [1.82, 2.24) is 9.80 Å². The lowest BCUT2D eigenvalue weighted by Crippen LogP contribution is -2.53. The Hall–Kier alpha value is -2.33. The van der Waals surface area contributed by atoms with Gasteiger partial charge in [0, 0.05) is 37.9 Å². The molecule has 2 amide bonds. The molecule has 1 heterocycles. The minimum absolute atomic E-state index is 0.0192. The summed E-state index contributed by atoms with van der Waals surface area (Å²) in [7, 11) is 0. The molecular weight excluding hydrogens is 334 g/mol. The van der Waals surface area contributed by atoms with Crippen LogP contribution in [-0.4, -0.2) is 48.1 Å². The number of hydrogen-bond donors (Lipinski definition) is 1. The van der Waals surface area contributed by atoms with Gasteiger partial charge in [0.1, 0.15) is 0 Å². The fraction of sp³-hybridized carbons (Fsp3) is 0.435. The number of nitrogens with zero attached hydrogens (tertiary/aromatic N) is 2. The first-order valence-electron chi connectivity index (χ1n) is 10.2. The molecule has 0 spiro atoms. The van der Waals surface area contributed by atoms with Gasteiger partial charge in [-0.15, -0.1) is 0 Å². The molecule has 1 N–H and O–H groups in total. The maximum absolute atomic E-state index is 12.6. The van der Waals surface area contributed by atoms with Gasteiger partial charge in [-0.2, -0.15) is 0 Å². The molecule has 1 saturated carbocycles. The summed E-state index contributed by atoms with van der Waals surface area (Å²) in [5.74, 6) is 0. The highest BCUT2D eigenvalue weighted by Gasteiger charge is 2.26. The number of rotatable bonds is 3. The first-order valence-corrected chi connectivity index (χ1v) is 10.2. The van der Waals surface area contributed by atoms with Crippen molar-refractivity contribution in [2.24, 2.45) is 0 Å². The molecule has 2 aromatic rings. The van der Waals surface area contributed by atoms with Crippen LogP contribution in [0.3, 0.4) is 0 Å². The second kappa shape index (κ2) is 8.57. The number of carbonyl (C=O) groups is 1. The van der Waals surface area contributed by atoms with Crippen molar-refractivity contribution >= 4 is 11.7 Å². The van der Waals surface area contributed by atoms with Crippen LogP contribution in [0, 0.1) is 0 Å². The second-order valence-corrected chi connectivity index (χ2v) is 7.69. The number of piperazine rings is 1. The van der Waals surface area contributed by atoms with Crippen molar-refractivity contribution in [1.29, 1.82) is 0 Å². The molecule has 4 nitrogen and oxygen atoms in total. The van der Waals surface area contributed by atoms with Crippen LogP contribution in [-0.2, 0) is 0 Å². The van der Waals surface area contributed by atoms with E-state index < -0.39 is 0 Å². The van der Waals surface area contributed by atoms with Crippen LogP contribution in [0.25, 0.3) is 11.1 Å². The van der Waals surface area contributed by atoms with Gasteiger partial charge in [-0.25, -0.2) is 4.79 Å². The fourth-order valence-corrected chi connectivity index (χ4v) is 4.32. The number of carbonyl (C=O) groups excluding carboxylic acids is 1. The Labute approximate surface area is 162 Å². The lowest BCUT2D eigenvalue weighted by Gasteiger charge is -2.40. The molecule has 4 heteroatoms. The molecule has 2 aliphatic rings. The maximum Gasteiger partial charge on any atom is 0.321 e. The molecular formula is C23H29N3O. The smallest absolute Gasteiger partial charge is 0.321 e. The zero-order chi connectivity index (χ0) is 18.5. The first-order chi connectivity index (χ1) is 13.3. The van der Waals surface area contributed by atoms with E-state index in [2.05, 4.69) is 34.5 Å². The molecule has 0 bridgehead atoms. The van der Waals surface area contributed by atoms with E-state index in [-0.39, 0.29) is 6.03 Å². The average molecular weight is 364 g/mol. The van der Waals surface area contributed by atoms with Gasteiger partial charge in [0.25, 0.3) is 0 Å². The lowest BCUT2D eigenvalue weighted by atomic mass is 9.94. The first kappa shape index (κ1) is 18.1. The Morgan fingerprint density at radius 2 is 1.41 bits per heavy atom. The number of amides is 2. The number of urea groups is 1. The van der Waals surface area contributed by atoms with E-state index in [0.29, 0.717) is 0 Å². The highest BCUT2D eigenvalue weighted by molar-refractivity contribution is 5.89. The number of hydrogen-bond acceptors (Lipinski definition) is 2. The summed E-state index contributed by atoms with van der Waals surface area (Å²) >= 11 is 0. The minimum atomic E-state index is 0.0192.